The lowest BCUT2D eigenvalue weighted by Gasteiger charge is -2.56. The van der Waals surface area contributed by atoms with E-state index in [2.05, 4.69) is 12.2 Å². The van der Waals surface area contributed by atoms with Crippen molar-refractivity contribution in [2.75, 3.05) is 26.3 Å². The Morgan fingerprint density at radius 1 is 1.45 bits per heavy atom. The van der Waals surface area contributed by atoms with E-state index < -0.39 is 5.60 Å². The smallest absolute Gasteiger partial charge is 0.0994 e. The van der Waals surface area contributed by atoms with Crippen LogP contribution < -0.4 is 5.32 Å². The molecule has 3 heteroatoms. The molecule has 0 aromatic rings. The van der Waals surface area contributed by atoms with Crippen LogP contribution in [0.4, 0.5) is 0 Å². The van der Waals surface area contributed by atoms with E-state index >= 15 is 0 Å². The van der Waals surface area contributed by atoms with Crippen molar-refractivity contribution in [1.82, 2.24) is 5.32 Å². The fraction of sp³-hybridized carbons (Fsp3) is 1.00. The molecule has 2 fully saturated rings. The van der Waals surface area contributed by atoms with Crippen LogP contribution in [0.5, 0.6) is 0 Å². The first-order chi connectivity index (χ1) is 5.22. The maximum Gasteiger partial charge on any atom is 0.0994 e. The molecule has 0 aromatic heterocycles. The Kier molecular flexibility index (Phi) is 1.50. The number of hydrogen-bond donors (Lipinski definition) is 2. The van der Waals surface area contributed by atoms with Gasteiger partial charge >= 0.3 is 0 Å². The van der Waals surface area contributed by atoms with E-state index in [9.17, 15) is 5.11 Å². The van der Waals surface area contributed by atoms with Gasteiger partial charge in [0.15, 0.2) is 0 Å². The normalized spacial score (nSPS) is 32.2. The summed E-state index contributed by atoms with van der Waals surface area (Å²) in [5.74, 6) is 0. The molecule has 2 rings (SSSR count). The first kappa shape index (κ1) is 7.53. The van der Waals surface area contributed by atoms with Gasteiger partial charge in [0.05, 0.1) is 18.8 Å². The van der Waals surface area contributed by atoms with Gasteiger partial charge in [-0.05, 0) is 6.42 Å². The molecule has 0 unspecified atom stereocenters. The summed E-state index contributed by atoms with van der Waals surface area (Å²) >= 11 is 0. The zero-order chi connectivity index (χ0) is 7.95. The Hall–Kier alpha value is -0.120. The second-order valence-electron chi connectivity index (χ2n) is 3.76. The molecule has 11 heavy (non-hydrogen) atoms. The van der Waals surface area contributed by atoms with Gasteiger partial charge in [0, 0.05) is 18.5 Å². The van der Waals surface area contributed by atoms with E-state index in [0.717, 1.165) is 32.7 Å². The molecule has 0 aromatic carbocycles. The van der Waals surface area contributed by atoms with Crippen molar-refractivity contribution in [3.63, 3.8) is 0 Å². The van der Waals surface area contributed by atoms with E-state index in [-0.39, 0.29) is 5.41 Å². The van der Waals surface area contributed by atoms with Crippen molar-refractivity contribution >= 4 is 0 Å². The second-order valence-corrected chi connectivity index (χ2v) is 3.76. The minimum atomic E-state index is -0.472. The van der Waals surface area contributed by atoms with Crippen molar-refractivity contribution in [2.45, 2.75) is 18.9 Å². The fourth-order valence-corrected chi connectivity index (χ4v) is 1.89. The topological polar surface area (TPSA) is 41.5 Å². The summed E-state index contributed by atoms with van der Waals surface area (Å²) in [6.45, 7) is 5.08. The molecule has 2 aliphatic heterocycles. The third-order valence-electron chi connectivity index (χ3n) is 3.26. The number of β-amino-alcohol motifs (C(OH)–C–C–N with tert-alkyl or cyclic N) is 1. The quantitative estimate of drug-likeness (QED) is 0.580. The van der Waals surface area contributed by atoms with Crippen LogP contribution in [0.2, 0.25) is 0 Å². The largest absolute Gasteiger partial charge is 0.386 e. The molecule has 0 amide bonds. The Labute approximate surface area is 66.7 Å². The van der Waals surface area contributed by atoms with Gasteiger partial charge in [0.25, 0.3) is 0 Å². The Bertz CT molecular complexity index is 156. The Morgan fingerprint density at radius 3 is 2.18 bits per heavy atom. The minimum Gasteiger partial charge on any atom is -0.386 e. The van der Waals surface area contributed by atoms with Gasteiger partial charge in [-0.3, -0.25) is 0 Å². The fourth-order valence-electron chi connectivity index (χ4n) is 1.89. The Balaban J connectivity index is 2.10. The minimum absolute atomic E-state index is 0.0677. The maximum absolute atomic E-state index is 10.0. The molecule has 0 atom stereocenters. The van der Waals surface area contributed by atoms with Crippen molar-refractivity contribution in [3.8, 4) is 0 Å². The molecule has 0 radical (unpaired) electrons. The van der Waals surface area contributed by atoms with Crippen LogP contribution in [0, 0.1) is 5.41 Å². The molecule has 0 aliphatic carbocycles. The van der Waals surface area contributed by atoms with Gasteiger partial charge in [0.2, 0.25) is 0 Å². The SMILES string of the molecule is CCC1(C2(O)CNC2)COC1. The van der Waals surface area contributed by atoms with Crippen LogP contribution >= 0.6 is 0 Å². The van der Waals surface area contributed by atoms with Crippen molar-refractivity contribution in [2.24, 2.45) is 5.41 Å². The first-order valence-corrected chi connectivity index (χ1v) is 4.23. The van der Waals surface area contributed by atoms with Gasteiger partial charge in [-0.2, -0.15) is 0 Å². The van der Waals surface area contributed by atoms with Crippen molar-refractivity contribution in [3.05, 3.63) is 0 Å². The summed E-state index contributed by atoms with van der Waals surface area (Å²) in [6, 6.07) is 0. The molecule has 2 saturated heterocycles. The molecular formula is C8H15NO2. The average Bonchev–Trinajstić information content (AvgIpc) is 1.83. The Morgan fingerprint density at radius 2 is 2.09 bits per heavy atom. The molecule has 2 N–H and O–H groups in total. The third-order valence-corrected chi connectivity index (χ3v) is 3.26. The monoisotopic (exact) mass is 157 g/mol. The number of nitrogens with one attached hydrogen (secondary N) is 1. The zero-order valence-corrected chi connectivity index (χ0v) is 6.89. The second kappa shape index (κ2) is 2.19. The predicted octanol–water partition coefficient (Wildman–Crippen LogP) is -0.253. The number of ether oxygens (including phenoxy) is 1. The molecule has 2 aliphatic rings. The number of rotatable bonds is 2. The highest BCUT2D eigenvalue weighted by atomic mass is 16.5. The summed E-state index contributed by atoms with van der Waals surface area (Å²) in [6.07, 6.45) is 1.02. The standard InChI is InChI=1S/C8H15NO2/c1-2-7(5-11-6-7)8(10)3-9-4-8/h9-10H,2-6H2,1H3. The molecule has 64 valence electrons. The molecule has 0 spiro atoms. The summed E-state index contributed by atoms with van der Waals surface area (Å²) in [5, 5.41) is 13.1. The van der Waals surface area contributed by atoms with Crippen LogP contribution in [0.25, 0.3) is 0 Å². The number of hydrogen-bond acceptors (Lipinski definition) is 3. The van der Waals surface area contributed by atoms with E-state index in [1.54, 1.807) is 0 Å². The van der Waals surface area contributed by atoms with E-state index in [1.165, 1.54) is 0 Å². The van der Waals surface area contributed by atoms with Crippen LogP contribution in [0.1, 0.15) is 13.3 Å². The summed E-state index contributed by atoms with van der Waals surface area (Å²) in [7, 11) is 0. The van der Waals surface area contributed by atoms with Crippen LogP contribution in [-0.2, 0) is 4.74 Å². The van der Waals surface area contributed by atoms with E-state index in [4.69, 9.17) is 4.74 Å². The van der Waals surface area contributed by atoms with Crippen LogP contribution in [0.3, 0.4) is 0 Å². The lowest BCUT2D eigenvalue weighted by Crippen LogP contribution is -2.73. The first-order valence-electron chi connectivity index (χ1n) is 4.23. The third kappa shape index (κ3) is 0.789. The molecule has 0 saturated carbocycles. The van der Waals surface area contributed by atoms with Gasteiger partial charge < -0.3 is 15.2 Å². The summed E-state index contributed by atoms with van der Waals surface area (Å²) in [5.41, 5.74) is -0.405. The highest BCUT2D eigenvalue weighted by Gasteiger charge is 2.57. The van der Waals surface area contributed by atoms with Gasteiger partial charge in [-0.25, -0.2) is 0 Å². The van der Waals surface area contributed by atoms with Gasteiger partial charge in [-0.15, -0.1) is 0 Å². The van der Waals surface area contributed by atoms with Crippen molar-refractivity contribution in [1.29, 1.82) is 0 Å². The number of aliphatic hydroxyl groups is 1. The lowest BCUT2D eigenvalue weighted by atomic mass is 9.65. The maximum atomic E-state index is 10.0. The summed E-state index contributed by atoms with van der Waals surface area (Å²) < 4.78 is 5.16. The highest BCUT2D eigenvalue weighted by Crippen LogP contribution is 2.43. The average molecular weight is 157 g/mol. The molecule has 3 nitrogen and oxygen atoms in total. The van der Waals surface area contributed by atoms with Crippen molar-refractivity contribution < 1.29 is 9.84 Å². The van der Waals surface area contributed by atoms with Gasteiger partial charge in [-0.1, -0.05) is 6.92 Å². The predicted molar refractivity (Wildman–Crippen MR) is 41.4 cm³/mol. The van der Waals surface area contributed by atoms with E-state index in [0.29, 0.717) is 0 Å². The highest BCUT2D eigenvalue weighted by molar-refractivity contribution is 5.09. The molecule has 2 heterocycles. The summed E-state index contributed by atoms with van der Waals surface area (Å²) in [4.78, 5) is 0. The molecule has 0 bridgehead atoms. The zero-order valence-electron chi connectivity index (χ0n) is 6.89. The lowest BCUT2D eigenvalue weighted by molar-refractivity contribution is -0.238. The van der Waals surface area contributed by atoms with Gasteiger partial charge in [0.1, 0.15) is 0 Å². The van der Waals surface area contributed by atoms with Crippen LogP contribution in [0.15, 0.2) is 0 Å². The van der Waals surface area contributed by atoms with E-state index in [1.807, 2.05) is 0 Å². The van der Waals surface area contributed by atoms with Crippen LogP contribution in [-0.4, -0.2) is 37.0 Å². The molecular weight excluding hydrogens is 142 g/mol.